The van der Waals surface area contributed by atoms with Crippen molar-refractivity contribution >= 4 is 27.4 Å². The Hall–Kier alpha value is -3.33. The fourth-order valence-electron chi connectivity index (χ4n) is 4.72. The van der Waals surface area contributed by atoms with E-state index in [1.165, 1.54) is 11.3 Å². The van der Waals surface area contributed by atoms with E-state index >= 15 is 0 Å². The molecule has 35 heavy (non-hydrogen) atoms. The van der Waals surface area contributed by atoms with Crippen molar-refractivity contribution in [2.45, 2.75) is 39.0 Å². The van der Waals surface area contributed by atoms with Crippen LogP contribution in [0, 0.1) is 6.92 Å². The Bertz CT molecular complexity index is 1400. The molecule has 2 aromatic heterocycles. The van der Waals surface area contributed by atoms with Crippen molar-refractivity contribution in [1.29, 1.82) is 0 Å². The number of pyridine rings is 1. The van der Waals surface area contributed by atoms with E-state index in [1.807, 2.05) is 31.3 Å². The van der Waals surface area contributed by atoms with E-state index in [4.69, 9.17) is 4.98 Å². The van der Waals surface area contributed by atoms with Crippen molar-refractivity contribution in [2.24, 2.45) is 0 Å². The van der Waals surface area contributed by atoms with E-state index in [1.54, 1.807) is 17.2 Å². The van der Waals surface area contributed by atoms with Crippen molar-refractivity contribution in [1.82, 2.24) is 19.9 Å². The third kappa shape index (κ3) is 4.77. The molecule has 2 aliphatic rings. The third-order valence-electron chi connectivity index (χ3n) is 6.99. The van der Waals surface area contributed by atoms with Crippen molar-refractivity contribution < 1.29 is 13.2 Å². The Labute approximate surface area is 205 Å². The lowest BCUT2D eigenvalue weighted by molar-refractivity contribution is 0.0770. The largest absolute Gasteiger partial charge is 0.337 e. The number of rotatable bonds is 4. The molecular weight excluding hydrogens is 462 g/mol. The highest BCUT2D eigenvalue weighted by molar-refractivity contribution is 7.91. The number of amides is 1. The van der Waals surface area contributed by atoms with Gasteiger partial charge in [-0.3, -0.25) is 9.78 Å². The van der Waals surface area contributed by atoms with Crippen LogP contribution in [0.15, 0.2) is 42.7 Å². The van der Waals surface area contributed by atoms with Crippen LogP contribution in [0.3, 0.4) is 0 Å². The van der Waals surface area contributed by atoms with E-state index < -0.39 is 9.84 Å². The van der Waals surface area contributed by atoms with Crippen LogP contribution >= 0.6 is 0 Å². The van der Waals surface area contributed by atoms with Crippen LogP contribution < -0.4 is 5.32 Å². The Morgan fingerprint density at radius 3 is 2.60 bits per heavy atom. The van der Waals surface area contributed by atoms with E-state index in [-0.39, 0.29) is 35.9 Å². The lowest BCUT2D eigenvalue weighted by Crippen LogP contribution is -2.43. The highest BCUT2D eigenvalue weighted by Crippen LogP contribution is 2.38. The first-order valence-corrected chi connectivity index (χ1v) is 13.6. The summed E-state index contributed by atoms with van der Waals surface area (Å²) in [6.45, 7) is 6.88. The standard InChI is InChI=1S/C26H29N5O3S/c1-17-14-18(24(32)31-10-12-35(33,34)13-11-31)4-5-21(17)29-25-27-9-7-22(30-25)19-15-20-23(28-16-19)6-8-26(20,2)3/h4-5,7,9,14-16H,6,8,10-13H2,1-3H3,(H,27,29,30). The molecule has 1 aliphatic heterocycles. The molecule has 0 saturated carbocycles. The number of hydrogen-bond donors (Lipinski definition) is 1. The summed E-state index contributed by atoms with van der Waals surface area (Å²) in [5, 5.41) is 3.26. The van der Waals surface area contributed by atoms with Gasteiger partial charge in [0.1, 0.15) is 0 Å². The zero-order valence-electron chi connectivity index (χ0n) is 20.2. The highest BCUT2D eigenvalue weighted by atomic mass is 32.2. The first kappa shape index (κ1) is 23.4. The topological polar surface area (TPSA) is 105 Å². The van der Waals surface area contributed by atoms with Gasteiger partial charge >= 0.3 is 0 Å². The number of carbonyl (C=O) groups excluding carboxylic acids is 1. The lowest BCUT2D eigenvalue weighted by atomic mass is 9.86. The number of sulfone groups is 1. The van der Waals surface area contributed by atoms with Gasteiger partial charge in [-0.2, -0.15) is 0 Å². The van der Waals surface area contributed by atoms with E-state index in [2.05, 4.69) is 35.2 Å². The normalized spacial score (nSPS) is 18.2. The molecule has 1 aromatic carbocycles. The summed E-state index contributed by atoms with van der Waals surface area (Å²) in [5.41, 5.74) is 6.53. The molecule has 9 heteroatoms. The van der Waals surface area contributed by atoms with Gasteiger partial charge < -0.3 is 10.2 Å². The van der Waals surface area contributed by atoms with Gasteiger partial charge in [0.2, 0.25) is 5.95 Å². The van der Waals surface area contributed by atoms with Gasteiger partial charge in [0.15, 0.2) is 9.84 Å². The minimum Gasteiger partial charge on any atom is -0.337 e. The quantitative estimate of drug-likeness (QED) is 0.593. The van der Waals surface area contributed by atoms with E-state index in [0.717, 1.165) is 35.3 Å². The van der Waals surface area contributed by atoms with Crippen molar-refractivity contribution in [3.63, 3.8) is 0 Å². The smallest absolute Gasteiger partial charge is 0.253 e. The molecule has 1 saturated heterocycles. The molecule has 0 atom stereocenters. The molecule has 3 heterocycles. The maximum absolute atomic E-state index is 12.8. The zero-order valence-corrected chi connectivity index (χ0v) is 21.0. The SMILES string of the molecule is Cc1cc(C(=O)N2CCS(=O)(=O)CC2)ccc1Nc1nccc(-c2cnc3c(c2)C(C)(C)CC3)n1. The van der Waals surface area contributed by atoms with Gasteiger partial charge in [-0.05, 0) is 66.6 Å². The molecular formula is C26H29N5O3S. The molecule has 3 aromatic rings. The predicted octanol–water partition coefficient (Wildman–Crippen LogP) is 3.69. The summed E-state index contributed by atoms with van der Waals surface area (Å²) in [7, 11) is -3.04. The van der Waals surface area contributed by atoms with Crippen molar-refractivity contribution in [3.05, 3.63) is 65.1 Å². The first-order chi connectivity index (χ1) is 16.6. The summed E-state index contributed by atoms with van der Waals surface area (Å²) in [4.78, 5) is 28.2. The molecule has 8 nitrogen and oxygen atoms in total. The van der Waals surface area contributed by atoms with Crippen LogP contribution in [0.2, 0.25) is 0 Å². The monoisotopic (exact) mass is 491 g/mol. The molecule has 1 aliphatic carbocycles. The average Bonchev–Trinajstić information content (AvgIpc) is 3.14. The Morgan fingerprint density at radius 2 is 1.86 bits per heavy atom. The average molecular weight is 492 g/mol. The molecule has 0 spiro atoms. The van der Waals surface area contributed by atoms with Crippen LogP contribution in [0.4, 0.5) is 11.6 Å². The Morgan fingerprint density at radius 1 is 1.09 bits per heavy atom. The van der Waals surface area contributed by atoms with Crippen LogP contribution in [0.25, 0.3) is 11.3 Å². The lowest BCUT2D eigenvalue weighted by Gasteiger charge is -2.27. The van der Waals surface area contributed by atoms with Crippen LogP contribution in [-0.2, 0) is 21.7 Å². The maximum Gasteiger partial charge on any atom is 0.253 e. The maximum atomic E-state index is 12.8. The van der Waals surface area contributed by atoms with Crippen molar-refractivity contribution in [2.75, 3.05) is 29.9 Å². The molecule has 0 bridgehead atoms. The summed E-state index contributed by atoms with van der Waals surface area (Å²) in [6.07, 6.45) is 5.71. The number of nitrogens with one attached hydrogen (secondary N) is 1. The van der Waals surface area contributed by atoms with Gasteiger partial charge in [-0.15, -0.1) is 0 Å². The van der Waals surface area contributed by atoms with Gasteiger partial charge in [-0.1, -0.05) is 13.8 Å². The minimum absolute atomic E-state index is 0.0161. The number of nitrogens with zero attached hydrogens (tertiary/aromatic N) is 4. The molecule has 1 N–H and O–H groups in total. The van der Waals surface area contributed by atoms with E-state index in [0.29, 0.717) is 11.5 Å². The highest BCUT2D eigenvalue weighted by Gasteiger charge is 2.31. The fourth-order valence-corrected chi connectivity index (χ4v) is 5.92. The van der Waals surface area contributed by atoms with Crippen molar-refractivity contribution in [3.8, 4) is 11.3 Å². The second-order valence-electron chi connectivity index (χ2n) is 9.97. The number of benzene rings is 1. The number of anilines is 2. The van der Waals surface area contributed by atoms with Gasteiger partial charge in [0, 0.05) is 48.0 Å². The summed E-state index contributed by atoms with van der Waals surface area (Å²) < 4.78 is 23.3. The Kier molecular flexibility index (Phi) is 5.83. The van der Waals surface area contributed by atoms with Gasteiger partial charge in [0.05, 0.1) is 17.2 Å². The molecule has 182 valence electrons. The second-order valence-corrected chi connectivity index (χ2v) is 12.3. The van der Waals surface area contributed by atoms with Gasteiger partial charge in [-0.25, -0.2) is 18.4 Å². The fraction of sp³-hybridized carbons (Fsp3) is 0.385. The summed E-state index contributed by atoms with van der Waals surface area (Å²) in [6, 6.07) is 9.46. The molecule has 1 fully saturated rings. The third-order valence-corrected chi connectivity index (χ3v) is 8.60. The summed E-state index contributed by atoms with van der Waals surface area (Å²) >= 11 is 0. The first-order valence-electron chi connectivity index (χ1n) is 11.8. The molecule has 5 rings (SSSR count). The van der Waals surface area contributed by atoms with Crippen LogP contribution in [-0.4, -0.2) is 58.8 Å². The number of carbonyl (C=O) groups is 1. The number of fused-ring (bicyclic) bond motifs is 1. The predicted molar refractivity (Wildman–Crippen MR) is 136 cm³/mol. The van der Waals surface area contributed by atoms with E-state index in [9.17, 15) is 13.2 Å². The number of aryl methyl sites for hydroxylation is 2. The molecule has 0 radical (unpaired) electrons. The number of hydrogen-bond acceptors (Lipinski definition) is 7. The Balaban J connectivity index is 1.33. The van der Waals surface area contributed by atoms with Crippen LogP contribution in [0.5, 0.6) is 0 Å². The van der Waals surface area contributed by atoms with Crippen LogP contribution in [0.1, 0.15) is 47.4 Å². The zero-order chi connectivity index (χ0) is 24.8. The van der Waals surface area contributed by atoms with Gasteiger partial charge in [0.25, 0.3) is 5.91 Å². The molecule has 1 amide bonds. The second kappa shape index (κ2) is 8.71. The summed E-state index contributed by atoms with van der Waals surface area (Å²) in [5.74, 6) is 0.343. The number of aromatic nitrogens is 3. The molecule has 0 unspecified atom stereocenters. The minimum atomic E-state index is -3.04.